The molecule has 0 saturated heterocycles. The van der Waals surface area contributed by atoms with E-state index < -0.39 is 5.91 Å². The molecule has 13 heavy (non-hydrogen) atoms. The lowest BCUT2D eigenvalue weighted by atomic mass is 10.1. The van der Waals surface area contributed by atoms with E-state index >= 15 is 0 Å². The number of rotatable bonds is 3. The SMILES string of the molecule is NC(=O)c1cc(C=O)cc(CO)c1. The van der Waals surface area contributed by atoms with Crippen LogP contribution in [-0.2, 0) is 6.61 Å². The Balaban J connectivity index is 3.22. The highest BCUT2D eigenvalue weighted by Gasteiger charge is 2.04. The van der Waals surface area contributed by atoms with Gasteiger partial charge in [0.1, 0.15) is 6.29 Å². The van der Waals surface area contributed by atoms with Gasteiger partial charge in [-0.1, -0.05) is 0 Å². The first-order valence-corrected chi connectivity index (χ1v) is 3.67. The Morgan fingerprint density at radius 3 is 2.62 bits per heavy atom. The standard InChI is InChI=1S/C9H9NO3/c10-9(13)8-2-6(4-11)1-7(3-8)5-12/h1-4,12H,5H2,(H2,10,13). The van der Waals surface area contributed by atoms with Crippen molar-refractivity contribution in [2.75, 3.05) is 0 Å². The number of aldehydes is 1. The summed E-state index contributed by atoms with van der Waals surface area (Å²) >= 11 is 0. The van der Waals surface area contributed by atoms with Gasteiger partial charge in [0.2, 0.25) is 5.91 Å². The van der Waals surface area contributed by atoms with Crippen LogP contribution in [0, 0.1) is 0 Å². The summed E-state index contributed by atoms with van der Waals surface area (Å²) in [5.74, 6) is -0.613. The first kappa shape index (κ1) is 9.41. The Morgan fingerprint density at radius 1 is 1.46 bits per heavy atom. The number of amides is 1. The van der Waals surface area contributed by atoms with Crippen molar-refractivity contribution in [1.29, 1.82) is 0 Å². The molecule has 0 aliphatic carbocycles. The Labute approximate surface area is 75.0 Å². The van der Waals surface area contributed by atoms with Crippen molar-refractivity contribution in [2.45, 2.75) is 6.61 Å². The lowest BCUT2D eigenvalue weighted by Crippen LogP contribution is -2.11. The van der Waals surface area contributed by atoms with E-state index in [4.69, 9.17) is 10.8 Å². The Morgan fingerprint density at radius 2 is 2.15 bits per heavy atom. The number of carbonyl (C=O) groups is 2. The van der Waals surface area contributed by atoms with Crippen molar-refractivity contribution in [3.63, 3.8) is 0 Å². The summed E-state index contributed by atoms with van der Waals surface area (Å²) < 4.78 is 0. The maximum atomic E-state index is 10.8. The number of aliphatic hydroxyl groups excluding tert-OH is 1. The van der Waals surface area contributed by atoms with Gasteiger partial charge in [-0.15, -0.1) is 0 Å². The average molecular weight is 179 g/mol. The van der Waals surface area contributed by atoms with Gasteiger partial charge in [0, 0.05) is 11.1 Å². The van der Waals surface area contributed by atoms with Crippen LogP contribution < -0.4 is 5.73 Å². The second kappa shape index (κ2) is 3.82. The number of nitrogens with two attached hydrogens (primary N) is 1. The zero-order valence-electron chi connectivity index (χ0n) is 6.86. The molecule has 0 fully saturated rings. The highest BCUT2D eigenvalue weighted by atomic mass is 16.3. The van der Waals surface area contributed by atoms with E-state index in [2.05, 4.69) is 0 Å². The molecule has 0 aromatic heterocycles. The van der Waals surface area contributed by atoms with Gasteiger partial charge in [0.25, 0.3) is 0 Å². The Hall–Kier alpha value is -1.68. The average Bonchev–Trinajstić information content (AvgIpc) is 2.16. The largest absolute Gasteiger partial charge is 0.392 e. The number of hydrogen-bond acceptors (Lipinski definition) is 3. The first-order valence-electron chi connectivity index (χ1n) is 3.67. The fourth-order valence-electron chi connectivity index (χ4n) is 1.02. The van der Waals surface area contributed by atoms with Gasteiger partial charge in [0.05, 0.1) is 6.61 Å². The summed E-state index contributed by atoms with van der Waals surface area (Å²) in [6.07, 6.45) is 0.603. The second-order valence-electron chi connectivity index (χ2n) is 2.60. The highest BCUT2D eigenvalue weighted by molar-refractivity contribution is 5.94. The maximum absolute atomic E-state index is 10.8. The van der Waals surface area contributed by atoms with Gasteiger partial charge in [0.15, 0.2) is 0 Å². The summed E-state index contributed by atoms with van der Waals surface area (Å²) in [4.78, 5) is 21.2. The Kier molecular flexibility index (Phi) is 2.76. The van der Waals surface area contributed by atoms with Gasteiger partial charge >= 0.3 is 0 Å². The van der Waals surface area contributed by atoms with E-state index in [1.165, 1.54) is 18.2 Å². The maximum Gasteiger partial charge on any atom is 0.248 e. The van der Waals surface area contributed by atoms with Crippen LogP contribution in [0.5, 0.6) is 0 Å². The lowest BCUT2D eigenvalue weighted by molar-refractivity contribution is 0.1000. The molecule has 4 nitrogen and oxygen atoms in total. The third-order valence-electron chi connectivity index (χ3n) is 1.62. The summed E-state index contributed by atoms with van der Waals surface area (Å²) in [5.41, 5.74) is 6.09. The molecule has 4 heteroatoms. The van der Waals surface area contributed by atoms with Crippen LogP contribution in [0.3, 0.4) is 0 Å². The lowest BCUT2D eigenvalue weighted by Gasteiger charge is -2.01. The van der Waals surface area contributed by atoms with Crippen LogP contribution in [0.15, 0.2) is 18.2 Å². The van der Waals surface area contributed by atoms with Crippen LogP contribution in [-0.4, -0.2) is 17.3 Å². The van der Waals surface area contributed by atoms with E-state index in [1.54, 1.807) is 0 Å². The molecule has 0 spiro atoms. The summed E-state index contributed by atoms with van der Waals surface area (Å²) in [5, 5.41) is 8.80. The van der Waals surface area contributed by atoms with Crippen LogP contribution in [0.1, 0.15) is 26.3 Å². The Bertz CT molecular complexity index is 347. The smallest absolute Gasteiger partial charge is 0.248 e. The van der Waals surface area contributed by atoms with E-state index in [0.717, 1.165) is 0 Å². The van der Waals surface area contributed by atoms with E-state index in [0.29, 0.717) is 17.4 Å². The summed E-state index contributed by atoms with van der Waals surface area (Å²) in [6, 6.07) is 4.34. The molecule has 0 saturated carbocycles. The van der Waals surface area contributed by atoms with Crippen LogP contribution >= 0.6 is 0 Å². The van der Waals surface area contributed by atoms with Gasteiger partial charge in [-0.05, 0) is 23.8 Å². The molecule has 1 amide bonds. The predicted molar refractivity (Wildman–Crippen MR) is 46.3 cm³/mol. The number of hydrogen-bond donors (Lipinski definition) is 2. The summed E-state index contributed by atoms with van der Waals surface area (Å²) in [6.45, 7) is -0.220. The molecule has 0 aliphatic heterocycles. The normalized spacial score (nSPS) is 9.62. The van der Waals surface area contributed by atoms with Gasteiger partial charge < -0.3 is 10.8 Å². The third kappa shape index (κ3) is 2.13. The number of primary amides is 1. The number of carbonyl (C=O) groups excluding carboxylic acids is 2. The van der Waals surface area contributed by atoms with Crippen molar-refractivity contribution >= 4 is 12.2 Å². The van der Waals surface area contributed by atoms with Crippen LogP contribution in [0.4, 0.5) is 0 Å². The van der Waals surface area contributed by atoms with Crippen molar-refractivity contribution in [2.24, 2.45) is 5.73 Å². The van der Waals surface area contributed by atoms with E-state index in [9.17, 15) is 9.59 Å². The monoisotopic (exact) mass is 179 g/mol. The van der Waals surface area contributed by atoms with Crippen molar-refractivity contribution < 1.29 is 14.7 Å². The van der Waals surface area contributed by atoms with Crippen LogP contribution in [0.2, 0.25) is 0 Å². The number of benzene rings is 1. The quantitative estimate of drug-likeness (QED) is 0.645. The highest BCUT2D eigenvalue weighted by Crippen LogP contribution is 2.08. The molecule has 0 bridgehead atoms. The molecule has 68 valence electrons. The fourth-order valence-corrected chi connectivity index (χ4v) is 1.02. The molecule has 1 aromatic rings. The molecule has 1 aromatic carbocycles. The molecule has 1 rings (SSSR count). The van der Waals surface area contributed by atoms with Crippen LogP contribution in [0.25, 0.3) is 0 Å². The van der Waals surface area contributed by atoms with Crippen molar-refractivity contribution in [1.82, 2.24) is 0 Å². The second-order valence-corrected chi connectivity index (χ2v) is 2.60. The summed E-state index contributed by atoms with van der Waals surface area (Å²) in [7, 11) is 0. The fraction of sp³-hybridized carbons (Fsp3) is 0.111. The van der Waals surface area contributed by atoms with E-state index in [-0.39, 0.29) is 12.2 Å². The van der Waals surface area contributed by atoms with Gasteiger partial charge in [-0.2, -0.15) is 0 Å². The van der Waals surface area contributed by atoms with Crippen molar-refractivity contribution in [3.8, 4) is 0 Å². The van der Waals surface area contributed by atoms with Crippen molar-refractivity contribution in [3.05, 3.63) is 34.9 Å². The van der Waals surface area contributed by atoms with Gasteiger partial charge in [-0.25, -0.2) is 0 Å². The van der Waals surface area contributed by atoms with E-state index in [1.807, 2.05) is 0 Å². The molecule has 0 unspecified atom stereocenters. The van der Waals surface area contributed by atoms with Gasteiger partial charge in [-0.3, -0.25) is 9.59 Å². The first-order chi connectivity index (χ1) is 6.17. The predicted octanol–water partition coefficient (Wildman–Crippen LogP) is 0.0903. The minimum atomic E-state index is -0.613. The molecule has 0 heterocycles. The molecule has 0 aliphatic rings. The number of aliphatic hydroxyl groups is 1. The third-order valence-corrected chi connectivity index (χ3v) is 1.62. The minimum absolute atomic E-state index is 0.220. The molecular weight excluding hydrogens is 170 g/mol. The molecule has 0 radical (unpaired) electrons. The molecule has 0 atom stereocenters. The zero-order chi connectivity index (χ0) is 9.84. The zero-order valence-corrected chi connectivity index (χ0v) is 6.86. The molecule has 3 N–H and O–H groups in total. The minimum Gasteiger partial charge on any atom is -0.392 e. The topological polar surface area (TPSA) is 80.4 Å². The molecular formula is C9H9NO3.